The molecule has 3 rings (SSSR count). The normalized spacial score (nSPS) is 14.4. The highest BCUT2D eigenvalue weighted by Crippen LogP contribution is 2.29. The molecule has 6 heteroatoms. The lowest BCUT2D eigenvalue weighted by Crippen LogP contribution is -2.29. The molecule has 0 radical (unpaired) electrons. The molecule has 0 saturated heterocycles. The molecule has 0 aliphatic carbocycles. The maximum absolute atomic E-state index is 12.5. The van der Waals surface area contributed by atoms with Crippen LogP contribution in [0.5, 0.6) is 5.75 Å². The second-order valence-electron chi connectivity index (χ2n) is 6.23. The van der Waals surface area contributed by atoms with E-state index in [9.17, 15) is 14.4 Å². The van der Waals surface area contributed by atoms with Gasteiger partial charge in [0.25, 0.3) is 11.8 Å². The molecule has 0 fully saturated rings. The lowest BCUT2D eigenvalue weighted by molar-refractivity contribution is -0.154. The Bertz CT molecular complexity index is 822. The molecular weight excluding hydrogens is 334 g/mol. The van der Waals surface area contributed by atoms with Gasteiger partial charge < -0.3 is 9.47 Å². The maximum atomic E-state index is 12.5. The maximum Gasteiger partial charge on any atom is 0.347 e. The largest absolute Gasteiger partial charge is 0.479 e. The summed E-state index contributed by atoms with van der Waals surface area (Å²) in [5, 5.41) is 0. The van der Waals surface area contributed by atoms with Crippen molar-refractivity contribution in [3.63, 3.8) is 0 Å². The van der Waals surface area contributed by atoms with Crippen molar-refractivity contribution in [3.8, 4) is 5.75 Å². The topological polar surface area (TPSA) is 72.9 Å². The van der Waals surface area contributed by atoms with E-state index in [-0.39, 0.29) is 17.9 Å². The van der Waals surface area contributed by atoms with E-state index in [0.29, 0.717) is 22.6 Å². The Morgan fingerprint density at radius 2 is 1.42 bits per heavy atom. The van der Waals surface area contributed by atoms with Crippen molar-refractivity contribution in [1.29, 1.82) is 0 Å². The Kier molecular flexibility index (Phi) is 4.75. The van der Waals surface area contributed by atoms with E-state index in [1.54, 1.807) is 69.3 Å². The zero-order valence-corrected chi connectivity index (χ0v) is 14.8. The molecule has 1 aliphatic heterocycles. The molecule has 2 aromatic rings. The first-order chi connectivity index (χ1) is 12.4. The third-order valence-electron chi connectivity index (χ3n) is 3.89. The quantitative estimate of drug-likeness (QED) is 0.610. The highest BCUT2D eigenvalue weighted by molar-refractivity contribution is 6.34. The first-order valence-corrected chi connectivity index (χ1v) is 8.33. The molecule has 0 spiro atoms. The van der Waals surface area contributed by atoms with Crippen molar-refractivity contribution >= 4 is 23.5 Å². The number of hydrogen-bond donors (Lipinski definition) is 0. The monoisotopic (exact) mass is 353 g/mol. The van der Waals surface area contributed by atoms with Crippen LogP contribution in [0.4, 0.5) is 5.69 Å². The number of ether oxygens (including phenoxy) is 2. The summed E-state index contributed by atoms with van der Waals surface area (Å²) in [7, 11) is 0. The van der Waals surface area contributed by atoms with Crippen LogP contribution in [0.15, 0.2) is 48.5 Å². The third kappa shape index (κ3) is 3.31. The average Bonchev–Trinajstić information content (AvgIpc) is 2.87. The van der Waals surface area contributed by atoms with E-state index in [0.717, 1.165) is 4.90 Å². The Morgan fingerprint density at radius 1 is 0.885 bits per heavy atom. The highest BCUT2D eigenvalue weighted by Gasteiger charge is 2.36. The third-order valence-corrected chi connectivity index (χ3v) is 3.89. The van der Waals surface area contributed by atoms with Gasteiger partial charge in [0, 0.05) is 0 Å². The van der Waals surface area contributed by atoms with Gasteiger partial charge in [0.05, 0.1) is 22.9 Å². The number of hydrogen-bond acceptors (Lipinski definition) is 5. The van der Waals surface area contributed by atoms with Crippen molar-refractivity contribution in [2.75, 3.05) is 4.90 Å². The van der Waals surface area contributed by atoms with Crippen LogP contribution in [0.1, 0.15) is 41.5 Å². The zero-order valence-electron chi connectivity index (χ0n) is 14.8. The van der Waals surface area contributed by atoms with Crippen LogP contribution in [0.25, 0.3) is 0 Å². The predicted octanol–water partition coefficient (Wildman–Crippen LogP) is 3.21. The minimum atomic E-state index is -0.762. The predicted molar refractivity (Wildman–Crippen MR) is 95.3 cm³/mol. The van der Waals surface area contributed by atoms with E-state index in [1.165, 1.54) is 0 Å². The Balaban J connectivity index is 1.74. The summed E-state index contributed by atoms with van der Waals surface area (Å²) in [5.74, 6) is -0.718. The lowest BCUT2D eigenvalue weighted by Gasteiger charge is -2.17. The first kappa shape index (κ1) is 17.7. The van der Waals surface area contributed by atoms with Crippen LogP contribution >= 0.6 is 0 Å². The molecular formula is C20H19NO5. The molecule has 1 atom stereocenters. The molecule has 0 N–H and O–H groups in total. The smallest absolute Gasteiger partial charge is 0.347 e. The van der Waals surface area contributed by atoms with Gasteiger partial charge in [-0.25, -0.2) is 9.69 Å². The van der Waals surface area contributed by atoms with E-state index < -0.39 is 12.1 Å². The molecule has 1 heterocycles. The second kappa shape index (κ2) is 7.00. The number of nitrogens with zero attached hydrogens (tertiary/aromatic N) is 1. The Hall–Kier alpha value is -3.15. The van der Waals surface area contributed by atoms with Crippen LogP contribution in [-0.2, 0) is 9.53 Å². The summed E-state index contributed by atoms with van der Waals surface area (Å²) in [6, 6.07) is 13.2. The van der Waals surface area contributed by atoms with E-state index >= 15 is 0 Å². The Morgan fingerprint density at radius 3 is 1.92 bits per heavy atom. The van der Waals surface area contributed by atoms with E-state index in [4.69, 9.17) is 9.47 Å². The van der Waals surface area contributed by atoms with Gasteiger partial charge in [0.1, 0.15) is 5.75 Å². The van der Waals surface area contributed by atoms with Crippen molar-refractivity contribution in [2.45, 2.75) is 33.0 Å². The van der Waals surface area contributed by atoms with Crippen molar-refractivity contribution in [1.82, 2.24) is 0 Å². The summed E-state index contributed by atoms with van der Waals surface area (Å²) in [5.41, 5.74) is 1.23. The molecule has 0 aromatic heterocycles. The number of carbonyl (C=O) groups excluding carboxylic acids is 3. The molecule has 0 bridgehead atoms. The molecule has 134 valence electrons. The van der Waals surface area contributed by atoms with Crippen LogP contribution in [0, 0.1) is 0 Å². The molecule has 6 nitrogen and oxygen atoms in total. The SMILES string of the molecule is CC(C)OC(=O)[C@@H](C)Oc1ccc(N2C(=O)c3ccccc3C2=O)cc1. The number of rotatable bonds is 5. The zero-order chi connectivity index (χ0) is 18.8. The molecule has 0 saturated carbocycles. The lowest BCUT2D eigenvalue weighted by atomic mass is 10.1. The summed E-state index contributed by atoms with van der Waals surface area (Å²) >= 11 is 0. The van der Waals surface area contributed by atoms with Crippen LogP contribution in [0.3, 0.4) is 0 Å². The number of carbonyl (C=O) groups is 3. The summed E-state index contributed by atoms with van der Waals surface area (Å²) in [4.78, 5) is 37.9. The minimum Gasteiger partial charge on any atom is -0.479 e. The van der Waals surface area contributed by atoms with Gasteiger partial charge >= 0.3 is 5.97 Å². The van der Waals surface area contributed by atoms with E-state index in [1.807, 2.05) is 0 Å². The van der Waals surface area contributed by atoms with Gasteiger partial charge in [-0.3, -0.25) is 9.59 Å². The van der Waals surface area contributed by atoms with Gasteiger partial charge in [0.2, 0.25) is 0 Å². The summed E-state index contributed by atoms with van der Waals surface area (Å²) in [6.45, 7) is 5.13. The average molecular weight is 353 g/mol. The van der Waals surface area contributed by atoms with Gasteiger partial charge in [0.15, 0.2) is 6.10 Å². The van der Waals surface area contributed by atoms with Crippen LogP contribution in [0.2, 0.25) is 0 Å². The van der Waals surface area contributed by atoms with Crippen LogP contribution in [-0.4, -0.2) is 30.0 Å². The number of benzene rings is 2. The van der Waals surface area contributed by atoms with Gasteiger partial charge in [-0.1, -0.05) is 12.1 Å². The van der Waals surface area contributed by atoms with Crippen LogP contribution < -0.4 is 9.64 Å². The van der Waals surface area contributed by atoms with Gasteiger partial charge in [-0.15, -0.1) is 0 Å². The number of amides is 2. The highest BCUT2D eigenvalue weighted by atomic mass is 16.6. The molecule has 26 heavy (non-hydrogen) atoms. The minimum absolute atomic E-state index is 0.218. The second-order valence-corrected chi connectivity index (χ2v) is 6.23. The number of esters is 1. The van der Waals surface area contributed by atoms with Gasteiger partial charge in [-0.2, -0.15) is 0 Å². The fraction of sp³-hybridized carbons (Fsp3) is 0.250. The molecule has 1 aliphatic rings. The standard InChI is InChI=1S/C20H19NO5/c1-12(2)25-20(24)13(3)26-15-10-8-14(9-11-15)21-18(22)16-6-4-5-7-17(16)19(21)23/h4-13H,1-3H3/t13-/m1/s1. The van der Waals surface area contributed by atoms with Crippen molar-refractivity contribution in [2.24, 2.45) is 0 Å². The summed E-state index contributed by atoms with van der Waals surface area (Å²) in [6.07, 6.45) is -0.979. The Labute approximate surface area is 151 Å². The molecule has 2 amide bonds. The van der Waals surface area contributed by atoms with Crippen molar-refractivity contribution < 1.29 is 23.9 Å². The number of imide groups is 1. The number of fused-ring (bicyclic) bond motifs is 1. The fourth-order valence-corrected chi connectivity index (χ4v) is 2.68. The van der Waals surface area contributed by atoms with E-state index in [2.05, 4.69) is 0 Å². The summed E-state index contributed by atoms with van der Waals surface area (Å²) < 4.78 is 10.6. The fourth-order valence-electron chi connectivity index (χ4n) is 2.68. The van der Waals surface area contributed by atoms with Gasteiger partial charge in [-0.05, 0) is 57.2 Å². The first-order valence-electron chi connectivity index (χ1n) is 8.33. The number of anilines is 1. The molecule has 2 aromatic carbocycles. The molecule has 0 unspecified atom stereocenters. The van der Waals surface area contributed by atoms with Crippen molar-refractivity contribution in [3.05, 3.63) is 59.7 Å².